The second kappa shape index (κ2) is 8.47. The molecule has 136 valence electrons. The summed E-state index contributed by atoms with van der Waals surface area (Å²) in [6.07, 6.45) is 0.407. The number of hydrogen-bond acceptors (Lipinski definition) is 3. The fourth-order valence-corrected chi connectivity index (χ4v) is 2.91. The van der Waals surface area contributed by atoms with Gasteiger partial charge in [-0.25, -0.2) is 9.18 Å². The highest BCUT2D eigenvalue weighted by Gasteiger charge is 2.26. The van der Waals surface area contributed by atoms with Crippen molar-refractivity contribution >= 4 is 11.7 Å². The number of urea groups is 1. The van der Waals surface area contributed by atoms with Crippen molar-refractivity contribution in [2.45, 2.75) is 26.0 Å². The van der Waals surface area contributed by atoms with Gasteiger partial charge in [0.15, 0.2) is 6.10 Å². The first-order valence-corrected chi connectivity index (χ1v) is 8.71. The summed E-state index contributed by atoms with van der Waals surface area (Å²) in [5.41, 5.74) is 2.63. The molecule has 3 rings (SSSR count). The molecule has 26 heavy (non-hydrogen) atoms. The molecule has 5 nitrogen and oxygen atoms in total. The molecule has 1 N–H and O–H groups in total. The molecule has 0 spiro atoms. The zero-order valence-corrected chi connectivity index (χ0v) is 14.7. The van der Waals surface area contributed by atoms with Gasteiger partial charge in [0.1, 0.15) is 5.82 Å². The Hall–Kier alpha value is -2.89. The van der Waals surface area contributed by atoms with Crippen LogP contribution >= 0.6 is 0 Å². The lowest BCUT2D eigenvalue weighted by molar-refractivity contribution is 0.0590. The number of amides is 2. The average molecular weight is 355 g/mol. The van der Waals surface area contributed by atoms with E-state index in [0.29, 0.717) is 26.1 Å². The van der Waals surface area contributed by atoms with Gasteiger partial charge < -0.3 is 15.1 Å². The Kier molecular flexibility index (Phi) is 5.84. The Labute approximate surface area is 152 Å². The molecule has 6 heteroatoms. The Morgan fingerprint density at radius 3 is 2.81 bits per heavy atom. The number of nitrogens with zero attached hydrogens (tertiary/aromatic N) is 2. The first-order chi connectivity index (χ1) is 12.7. The molecule has 2 aromatic rings. The van der Waals surface area contributed by atoms with Crippen molar-refractivity contribution in [3.63, 3.8) is 0 Å². The fourth-order valence-electron chi connectivity index (χ4n) is 2.91. The zero-order valence-electron chi connectivity index (χ0n) is 14.7. The molecular weight excluding hydrogens is 333 g/mol. The third-order valence-corrected chi connectivity index (χ3v) is 4.14. The van der Waals surface area contributed by atoms with Crippen LogP contribution in [0.2, 0.25) is 0 Å². The van der Waals surface area contributed by atoms with Gasteiger partial charge in [0.05, 0.1) is 12.3 Å². The van der Waals surface area contributed by atoms with E-state index >= 15 is 0 Å². The summed E-state index contributed by atoms with van der Waals surface area (Å²) in [5.74, 6) is -0.315. The molecule has 0 radical (unpaired) electrons. The second-order valence-corrected chi connectivity index (χ2v) is 6.18. The van der Waals surface area contributed by atoms with Crippen molar-refractivity contribution in [1.29, 1.82) is 0 Å². The van der Waals surface area contributed by atoms with Crippen LogP contribution in [0.5, 0.6) is 0 Å². The van der Waals surface area contributed by atoms with Gasteiger partial charge in [0.2, 0.25) is 0 Å². The van der Waals surface area contributed by atoms with E-state index in [2.05, 4.69) is 10.5 Å². The smallest absolute Gasteiger partial charge is 0.317 e. The minimum Gasteiger partial charge on any atom is -0.390 e. The normalized spacial score (nSPS) is 15.9. The van der Waals surface area contributed by atoms with Crippen LogP contribution in [0, 0.1) is 5.82 Å². The number of halogens is 1. The molecule has 2 aromatic carbocycles. The summed E-state index contributed by atoms with van der Waals surface area (Å²) >= 11 is 0. The molecular formula is C20H22FN3O2. The summed E-state index contributed by atoms with van der Waals surface area (Å²) in [4.78, 5) is 19.6. The van der Waals surface area contributed by atoms with Crippen molar-refractivity contribution in [2.24, 2.45) is 5.16 Å². The number of nitrogens with one attached hydrogen (secondary N) is 1. The van der Waals surface area contributed by atoms with E-state index in [0.717, 1.165) is 16.8 Å². The van der Waals surface area contributed by atoms with Gasteiger partial charge in [-0.2, -0.15) is 0 Å². The molecule has 0 fully saturated rings. The topological polar surface area (TPSA) is 53.9 Å². The molecule has 1 heterocycles. The van der Waals surface area contributed by atoms with Crippen molar-refractivity contribution in [3.8, 4) is 0 Å². The molecule has 2 amide bonds. The van der Waals surface area contributed by atoms with Gasteiger partial charge in [0, 0.05) is 19.5 Å². The van der Waals surface area contributed by atoms with Gasteiger partial charge in [0.25, 0.3) is 0 Å². The molecule has 0 saturated heterocycles. The Balaban J connectivity index is 1.66. The largest absolute Gasteiger partial charge is 0.390 e. The molecule has 0 saturated carbocycles. The summed E-state index contributed by atoms with van der Waals surface area (Å²) in [7, 11) is 0. The maximum absolute atomic E-state index is 13.4. The van der Waals surface area contributed by atoms with Crippen LogP contribution in [0.15, 0.2) is 59.8 Å². The first kappa shape index (κ1) is 17.9. The van der Waals surface area contributed by atoms with E-state index in [1.165, 1.54) is 12.1 Å². The zero-order chi connectivity index (χ0) is 18.4. The second-order valence-electron chi connectivity index (χ2n) is 6.18. The van der Waals surface area contributed by atoms with E-state index in [-0.39, 0.29) is 18.0 Å². The molecule has 0 aromatic heterocycles. The number of benzene rings is 2. The molecule has 0 aliphatic carbocycles. The van der Waals surface area contributed by atoms with Crippen molar-refractivity contribution in [2.75, 3.05) is 13.1 Å². The molecule has 1 aliphatic heterocycles. The van der Waals surface area contributed by atoms with Gasteiger partial charge in [-0.15, -0.1) is 0 Å². The van der Waals surface area contributed by atoms with Crippen LogP contribution in [0.4, 0.5) is 9.18 Å². The third kappa shape index (κ3) is 4.59. The van der Waals surface area contributed by atoms with Crippen LogP contribution in [-0.4, -0.2) is 35.8 Å². The maximum atomic E-state index is 13.4. The van der Waals surface area contributed by atoms with Gasteiger partial charge in [-0.1, -0.05) is 47.6 Å². The van der Waals surface area contributed by atoms with Crippen molar-refractivity contribution < 1.29 is 14.0 Å². The highest BCUT2D eigenvalue weighted by Crippen LogP contribution is 2.18. The molecule has 1 aliphatic rings. The Morgan fingerprint density at radius 1 is 1.27 bits per heavy atom. The van der Waals surface area contributed by atoms with E-state index in [9.17, 15) is 9.18 Å². The van der Waals surface area contributed by atoms with E-state index in [1.54, 1.807) is 17.0 Å². The lowest BCUT2D eigenvalue weighted by Gasteiger charge is -2.25. The number of oxime groups is 1. The highest BCUT2D eigenvalue weighted by molar-refractivity contribution is 6.01. The first-order valence-electron chi connectivity index (χ1n) is 8.71. The van der Waals surface area contributed by atoms with E-state index in [1.807, 2.05) is 37.3 Å². The minimum absolute atomic E-state index is 0.200. The SMILES string of the molecule is CCNC(=O)N(Cc1cccc(F)c1)CC1CC(c2ccccc2)=NO1. The fraction of sp³-hybridized carbons (Fsp3) is 0.300. The maximum Gasteiger partial charge on any atom is 0.317 e. The Bertz CT molecular complexity index is 780. The van der Waals surface area contributed by atoms with Crippen LogP contribution in [-0.2, 0) is 11.4 Å². The van der Waals surface area contributed by atoms with Crippen molar-refractivity contribution in [3.05, 3.63) is 71.5 Å². The van der Waals surface area contributed by atoms with Crippen LogP contribution in [0.1, 0.15) is 24.5 Å². The summed E-state index contributed by atoms with van der Waals surface area (Å²) in [6.45, 7) is 3.07. The van der Waals surface area contributed by atoms with Crippen LogP contribution < -0.4 is 5.32 Å². The molecule has 1 atom stereocenters. The van der Waals surface area contributed by atoms with Gasteiger partial charge in [-0.3, -0.25) is 0 Å². The average Bonchev–Trinajstić information content (AvgIpc) is 3.11. The predicted octanol–water partition coefficient (Wildman–Crippen LogP) is 3.55. The lowest BCUT2D eigenvalue weighted by Crippen LogP contribution is -2.43. The van der Waals surface area contributed by atoms with Gasteiger partial charge in [-0.05, 0) is 30.2 Å². The van der Waals surface area contributed by atoms with E-state index < -0.39 is 0 Å². The van der Waals surface area contributed by atoms with Crippen molar-refractivity contribution in [1.82, 2.24) is 10.2 Å². The predicted molar refractivity (Wildman–Crippen MR) is 98.4 cm³/mol. The highest BCUT2D eigenvalue weighted by atomic mass is 19.1. The van der Waals surface area contributed by atoms with Crippen LogP contribution in [0.3, 0.4) is 0 Å². The standard InChI is InChI=1S/C20H22FN3O2/c1-2-22-20(25)24(13-15-7-6-10-17(21)11-15)14-18-12-19(23-26-18)16-8-4-3-5-9-16/h3-11,18H,2,12-14H2,1H3,(H,22,25). The lowest BCUT2D eigenvalue weighted by atomic mass is 10.0. The monoisotopic (exact) mass is 355 g/mol. The van der Waals surface area contributed by atoms with Gasteiger partial charge >= 0.3 is 6.03 Å². The number of hydrogen-bond donors (Lipinski definition) is 1. The van der Waals surface area contributed by atoms with Crippen LogP contribution in [0.25, 0.3) is 0 Å². The summed E-state index contributed by atoms with van der Waals surface area (Å²) in [6, 6.07) is 15.9. The number of rotatable bonds is 6. The summed E-state index contributed by atoms with van der Waals surface area (Å²) < 4.78 is 13.4. The summed E-state index contributed by atoms with van der Waals surface area (Å²) in [5, 5.41) is 6.96. The molecule has 0 bridgehead atoms. The minimum atomic E-state index is -0.315. The number of carbonyl (C=O) groups excluding carboxylic acids is 1. The van der Waals surface area contributed by atoms with E-state index in [4.69, 9.17) is 4.84 Å². The molecule has 1 unspecified atom stereocenters. The third-order valence-electron chi connectivity index (χ3n) is 4.14. The Morgan fingerprint density at radius 2 is 2.08 bits per heavy atom. The number of carbonyl (C=O) groups is 1. The quantitative estimate of drug-likeness (QED) is 0.861.